The van der Waals surface area contributed by atoms with Gasteiger partial charge >= 0.3 is 5.97 Å². The Hall–Kier alpha value is -3.32. The Morgan fingerprint density at radius 2 is 1.65 bits per heavy atom. The summed E-state index contributed by atoms with van der Waals surface area (Å²) in [4.78, 5) is 37.2. The third-order valence-corrected chi connectivity index (χ3v) is 5.26. The molecule has 0 fully saturated rings. The van der Waals surface area contributed by atoms with E-state index in [-0.39, 0.29) is 5.91 Å². The summed E-state index contributed by atoms with van der Waals surface area (Å²) < 4.78 is 5.18. The fraction of sp³-hybridized carbons (Fsp3) is 0.208. The van der Waals surface area contributed by atoms with Gasteiger partial charge in [-0.3, -0.25) is 9.59 Å². The molecule has 2 N–H and O–H groups in total. The Labute approximate surface area is 185 Å². The van der Waals surface area contributed by atoms with E-state index in [1.54, 1.807) is 42.1 Å². The summed E-state index contributed by atoms with van der Waals surface area (Å²) in [5.74, 6) is -0.768. The number of amides is 2. The summed E-state index contributed by atoms with van der Waals surface area (Å²) in [5, 5.41) is 7.50. The average molecular weight is 437 g/mol. The molecule has 6 nitrogen and oxygen atoms in total. The average Bonchev–Trinajstić information content (AvgIpc) is 2.80. The number of carbonyl (C=O) groups excluding carboxylic acids is 3. The number of esters is 1. The van der Waals surface area contributed by atoms with Gasteiger partial charge < -0.3 is 15.4 Å². The Morgan fingerprint density at radius 1 is 0.935 bits per heavy atom. The van der Waals surface area contributed by atoms with Crippen molar-refractivity contribution in [1.82, 2.24) is 5.32 Å². The van der Waals surface area contributed by atoms with Crippen LogP contribution in [-0.2, 0) is 14.3 Å². The molecule has 7 heteroatoms. The van der Waals surface area contributed by atoms with Crippen molar-refractivity contribution < 1.29 is 19.1 Å². The molecule has 1 unspecified atom stereocenters. The molecule has 0 spiro atoms. The summed E-state index contributed by atoms with van der Waals surface area (Å²) in [6.45, 7) is -0.428. The van der Waals surface area contributed by atoms with Gasteiger partial charge in [0.2, 0.25) is 0 Å². The van der Waals surface area contributed by atoms with E-state index in [1.165, 1.54) is 0 Å². The molecule has 0 aliphatic carbocycles. The third kappa shape index (κ3) is 6.58. The lowest BCUT2D eigenvalue weighted by Gasteiger charge is -2.17. The highest BCUT2D eigenvalue weighted by Gasteiger charge is 2.23. The summed E-state index contributed by atoms with van der Waals surface area (Å²) >= 11 is 1.56. The second-order valence-electron chi connectivity index (χ2n) is 6.89. The molecule has 0 radical (unpaired) electrons. The Bertz CT molecular complexity index is 1060. The number of carbonyl (C=O) groups is 3. The lowest BCUT2D eigenvalue weighted by molar-refractivity contribution is -0.149. The highest BCUT2D eigenvalue weighted by atomic mass is 32.2. The van der Waals surface area contributed by atoms with Crippen molar-refractivity contribution >= 4 is 46.0 Å². The quantitative estimate of drug-likeness (QED) is 0.498. The van der Waals surface area contributed by atoms with Crippen molar-refractivity contribution in [3.63, 3.8) is 0 Å². The first-order valence-electron chi connectivity index (χ1n) is 9.87. The van der Waals surface area contributed by atoms with Gasteiger partial charge in [0.05, 0.1) is 0 Å². The number of nitrogens with one attached hydrogen (secondary N) is 2. The second-order valence-corrected chi connectivity index (χ2v) is 7.88. The molecule has 0 saturated carbocycles. The number of fused-ring (bicyclic) bond motifs is 1. The van der Waals surface area contributed by atoms with Crippen molar-refractivity contribution in [3.8, 4) is 0 Å². The largest absolute Gasteiger partial charge is 0.454 e. The molecule has 0 heterocycles. The van der Waals surface area contributed by atoms with Crippen LogP contribution in [0.25, 0.3) is 10.8 Å². The SMILES string of the molecule is CSCCC(NC(=O)c1ccccc1)C(=O)OCC(=O)Nc1ccc2ccccc2c1. The van der Waals surface area contributed by atoms with Crippen molar-refractivity contribution in [1.29, 1.82) is 0 Å². The Balaban J connectivity index is 1.56. The number of ether oxygens (including phenoxy) is 1. The molecular formula is C24H24N2O4S. The number of anilines is 1. The molecule has 0 aliphatic heterocycles. The predicted molar refractivity (Wildman–Crippen MR) is 124 cm³/mol. The maximum Gasteiger partial charge on any atom is 0.329 e. The Morgan fingerprint density at radius 3 is 2.39 bits per heavy atom. The Kier molecular flexibility index (Phi) is 8.06. The maximum atomic E-state index is 12.5. The summed E-state index contributed by atoms with van der Waals surface area (Å²) in [6, 6.07) is 21.2. The zero-order chi connectivity index (χ0) is 22.1. The minimum atomic E-state index is -0.825. The van der Waals surface area contributed by atoms with Gasteiger partial charge in [-0.1, -0.05) is 48.5 Å². The zero-order valence-corrected chi connectivity index (χ0v) is 18.0. The first-order valence-corrected chi connectivity index (χ1v) is 11.3. The fourth-order valence-corrected chi connectivity index (χ4v) is 3.49. The van der Waals surface area contributed by atoms with Crippen LogP contribution >= 0.6 is 11.8 Å². The van der Waals surface area contributed by atoms with Gasteiger partial charge in [-0.05, 0) is 53.5 Å². The minimum absolute atomic E-state index is 0.357. The first-order chi connectivity index (χ1) is 15.1. The molecule has 0 aromatic heterocycles. The van der Waals surface area contributed by atoms with Crippen LogP contribution in [0.1, 0.15) is 16.8 Å². The van der Waals surface area contributed by atoms with Crippen molar-refractivity contribution in [2.75, 3.05) is 23.9 Å². The number of hydrogen-bond donors (Lipinski definition) is 2. The van der Waals surface area contributed by atoms with Gasteiger partial charge in [-0.15, -0.1) is 0 Å². The number of thioether (sulfide) groups is 1. The van der Waals surface area contributed by atoms with Gasteiger partial charge in [0.1, 0.15) is 6.04 Å². The number of rotatable bonds is 9. The van der Waals surface area contributed by atoms with Crippen LogP contribution in [0.15, 0.2) is 72.8 Å². The van der Waals surface area contributed by atoms with Crippen LogP contribution in [0.4, 0.5) is 5.69 Å². The van der Waals surface area contributed by atoms with Crippen LogP contribution in [0.2, 0.25) is 0 Å². The van der Waals surface area contributed by atoms with E-state index in [2.05, 4.69) is 10.6 Å². The molecular weight excluding hydrogens is 412 g/mol. The van der Waals surface area contributed by atoms with Crippen molar-refractivity contribution in [2.24, 2.45) is 0 Å². The van der Waals surface area contributed by atoms with E-state index in [0.717, 1.165) is 10.8 Å². The summed E-state index contributed by atoms with van der Waals surface area (Å²) in [6.07, 6.45) is 2.32. The van der Waals surface area contributed by atoms with Crippen LogP contribution in [0.5, 0.6) is 0 Å². The van der Waals surface area contributed by atoms with Gasteiger partial charge in [0.25, 0.3) is 11.8 Å². The van der Waals surface area contributed by atoms with E-state index in [1.807, 2.05) is 48.7 Å². The van der Waals surface area contributed by atoms with E-state index < -0.39 is 24.5 Å². The molecule has 2 amide bonds. The summed E-state index contributed by atoms with van der Waals surface area (Å²) in [5.41, 5.74) is 1.08. The van der Waals surface area contributed by atoms with E-state index in [0.29, 0.717) is 23.4 Å². The molecule has 31 heavy (non-hydrogen) atoms. The second kappa shape index (κ2) is 11.2. The standard InChI is InChI=1S/C24H24N2O4S/c1-31-14-13-21(26-23(28)18-8-3-2-4-9-18)24(29)30-16-22(27)25-20-12-11-17-7-5-6-10-19(17)15-20/h2-12,15,21H,13-14,16H2,1H3,(H,25,27)(H,26,28). The lowest BCUT2D eigenvalue weighted by Crippen LogP contribution is -2.43. The normalized spacial score (nSPS) is 11.5. The smallest absolute Gasteiger partial charge is 0.329 e. The predicted octanol–water partition coefficient (Wildman–Crippen LogP) is 3.87. The molecule has 3 rings (SSSR count). The van der Waals surface area contributed by atoms with Crippen molar-refractivity contribution in [3.05, 3.63) is 78.4 Å². The molecule has 1 atom stereocenters. The maximum absolute atomic E-state index is 12.5. The molecule has 3 aromatic rings. The third-order valence-electron chi connectivity index (χ3n) is 4.62. The van der Waals surface area contributed by atoms with E-state index in [9.17, 15) is 14.4 Å². The van der Waals surface area contributed by atoms with Crippen LogP contribution in [-0.4, -0.2) is 42.4 Å². The molecule has 3 aromatic carbocycles. The lowest BCUT2D eigenvalue weighted by atomic mass is 10.1. The summed E-state index contributed by atoms with van der Waals surface area (Å²) in [7, 11) is 0. The monoisotopic (exact) mass is 436 g/mol. The van der Waals surface area contributed by atoms with Gasteiger partial charge in [0, 0.05) is 11.3 Å². The van der Waals surface area contributed by atoms with Crippen molar-refractivity contribution in [2.45, 2.75) is 12.5 Å². The highest BCUT2D eigenvalue weighted by Crippen LogP contribution is 2.18. The molecule has 160 valence electrons. The highest BCUT2D eigenvalue weighted by molar-refractivity contribution is 7.98. The molecule has 0 bridgehead atoms. The topological polar surface area (TPSA) is 84.5 Å². The van der Waals surface area contributed by atoms with Gasteiger partial charge in [0.15, 0.2) is 6.61 Å². The minimum Gasteiger partial charge on any atom is -0.454 e. The van der Waals surface area contributed by atoms with E-state index in [4.69, 9.17) is 4.74 Å². The molecule has 0 saturated heterocycles. The fourth-order valence-electron chi connectivity index (χ4n) is 3.02. The van der Waals surface area contributed by atoms with Gasteiger partial charge in [-0.25, -0.2) is 4.79 Å². The number of benzene rings is 3. The van der Waals surface area contributed by atoms with Crippen LogP contribution < -0.4 is 10.6 Å². The van der Waals surface area contributed by atoms with Crippen LogP contribution in [0.3, 0.4) is 0 Å². The van der Waals surface area contributed by atoms with Crippen LogP contribution in [0, 0.1) is 0 Å². The number of hydrogen-bond acceptors (Lipinski definition) is 5. The van der Waals surface area contributed by atoms with E-state index >= 15 is 0 Å². The van der Waals surface area contributed by atoms with Gasteiger partial charge in [-0.2, -0.15) is 11.8 Å². The first kappa shape index (κ1) is 22.4. The molecule has 0 aliphatic rings. The zero-order valence-electron chi connectivity index (χ0n) is 17.2.